The predicted octanol–water partition coefficient (Wildman–Crippen LogP) is 3.79. The standard InChI is InChI=1S/C24H29N5O2/c1-14-5-6-17(22(25)28-31)11-19(14)24(4)9-10-29(16(3)15(24)2)23(30)18-7-8-20-21(12-18)27-13-26-20/h5-8,11-13,15-16,31H,9-10H2,1-4H3,(H2,25,28)(H,26,27)/t15-,16-,24-/m1/s1. The van der Waals surface area contributed by atoms with Gasteiger partial charge in [-0.15, -0.1) is 0 Å². The van der Waals surface area contributed by atoms with E-state index in [1.807, 2.05) is 41.3 Å². The van der Waals surface area contributed by atoms with E-state index in [1.54, 1.807) is 6.33 Å². The van der Waals surface area contributed by atoms with Crippen molar-refractivity contribution in [1.82, 2.24) is 14.9 Å². The average Bonchev–Trinajstić information content (AvgIpc) is 3.25. The van der Waals surface area contributed by atoms with Gasteiger partial charge in [-0.25, -0.2) is 4.98 Å². The minimum Gasteiger partial charge on any atom is -0.409 e. The fourth-order valence-corrected chi connectivity index (χ4v) is 4.94. The Labute approximate surface area is 182 Å². The number of aromatic nitrogens is 2. The molecule has 31 heavy (non-hydrogen) atoms. The van der Waals surface area contributed by atoms with Gasteiger partial charge in [0, 0.05) is 23.7 Å². The maximum atomic E-state index is 13.3. The molecule has 1 aliphatic rings. The Morgan fingerprint density at radius 1 is 1.26 bits per heavy atom. The Kier molecular flexibility index (Phi) is 5.21. The zero-order valence-corrected chi connectivity index (χ0v) is 18.4. The molecular weight excluding hydrogens is 390 g/mol. The normalized spacial score (nSPS) is 24.5. The van der Waals surface area contributed by atoms with Gasteiger partial charge in [-0.3, -0.25) is 4.79 Å². The van der Waals surface area contributed by atoms with Gasteiger partial charge in [0.1, 0.15) is 0 Å². The summed E-state index contributed by atoms with van der Waals surface area (Å²) in [4.78, 5) is 22.6. The molecule has 7 nitrogen and oxygen atoms in total. The molecule has 0 aliphatic carbocycles. The number of amides is 1. The first-order chi connectivity index (χ1) is 14.8. The molecule has 0 spiro atoms. The molecule has 3 aromatic rings. The largest absolute Gasteiger partial charge is 0.409 e. The number of rotatable bonds is 3. The SMILES string of the molecule is Cc1ccc(/C(N)=N/O)cc1[C@]1(C)CCN(C(=O)c2ccc3nc[nH]c3c2)[C@H](C)[C@H]1C. The van der Waals surface area contributed by atoms with Crippen molar-refractivity contribution < 1.29 is 10.0 Å². The second-order valence-corrected chi connectivity index (χ2v) is 8.84. The summed E-state index contributed by atoms with van der Waals surface area (Å²) in [5.74, 6) is 0.356. The number of nitrogens with two attached hydrogens (primary N) is 1. The Hall–Kier alpha value is -3.35. The molecule has 2 heterocycles. The summed E-state index contributed by atoms with van der Waals surface area (Å²) in [5, 5.41) is 12.2. The Bertz CT molecular complexity index is 1170. The number of nitrogens with zero attached hydrogens (tertiary/aromatic N) is 3. The molecule has 1 saturated heterocycles. The minimum absolute atomic E-state index is 0.0417. The van der Waals surface area contributed by atoms with E-state index in [9.17, 15) is 4.79 Å². The number of hydrogen-bond acceptors (Lipinski definition) is 4. The molecule has 7 heteroatoms. The zero-order valence-electron chi connectivity index (χ0n) is 18.4. The molecule has 3 atom stereocenters. The first-order valence-corrected chi connectivity index (χ1v) is 10.6. The van der Waals surface area contributed by atoms with Crippen LogP contribution in [0.1, 0.15) is 54.2 Å². The number of benzene rings is 2. The van der Waals surface area contributed by atoms with Crippen LogP contribution in [0.15, 0.2) is 47.9 Å². The van der Waals surface area contributed by atoms with Crippen molar-refractivity contribution in [3.05, 3.63) is 65.0 Å². The summed E-state index contributed by atoms with van der Waals surface area (Å²) in [6.45, 7) is 9.33. The Morgan fingerprint density at radius 2 is 2.00 bits per heavy atom. The molecule has 1 aromatic heterocycles. The zero-order chi connectivity index (χ0) is 22.3. The van der Waals surface area contributed by atoms with Crippen LogP contribution in [-0.2, 0) is 5.41 Å². The van der Waals surface area contributed by atoms with E-state index in [-0.39, 0.29) is 29.1 Å². The number of piperidine rings is 1. The van der Waals surface area contributed by atoms with Crippen molar-refractivity contribution in [3.8, 4) is 0 Å². The van der Waals surface area contributed by atoms with Crippen LogP contribution in [0.4, 0.5) is 0 Å². The van der Waals surface area contributed by atoms with Crippen LogP contribution in [0, 0.1) is 12.8 Å². The number of amidine groups is 1. The molecule has 0 saturated carbocycles. The molecule has 4 rings (SSSR count). The van der Waals surface area contributed by atoms with Crippen LogP contribution >= 0.6 is 0 Å². The van der Waals surface area contributed by atoms with E-state index in [1.165, 1.54) is 11.1 Å². The monoisotopic (exact) mass is 419 g/mol. The highest BCUT2D eigenvalue weighted by Gasteiger charge is 2.44. The number of carbonyl (C=O) groups is 1. The molecule has 1 amide bonds. The molecule has 4 N–H and O–H groups in total. The van der Waals surface area contributed by atoms with Gasteiger partial charge in [0.25, 0.3) is 5.91 Å². The van der Waals surface area contributed by atoms with Gasteiger partial charge < -0.3 is 20.8 Å². The maximum Gasteiger partial charge on any atom is 0.254 e. The molecule has 162 valence electrons. The van der Waals surface area contributed by atoms with Gasteiger partial charge in [0.2, 0.25) is 0 Å². The van der Waals surface area contributed by atoms with Gasteiger partial charge in [0.05, 0.1) is 17.4 Å². The number of aryl methyl sites for hydroxylation is 1. The number of carbonyl (C=O) groups excluding carboxylic acids is 1. The van der Waals surface area contributed by atoms with E-state index < -0.39 is 0 Å². The summed E-state index contributed by atoms with van der Waals surface area (Å²) in [6, 6.07) is 11.6. The third-order valence-corrected chi connectivity index (χ3v) is 7.28. The fourth-order valence-electron chi connectivity index (χ4n) is 4.94. The lowest BCUT2D eigenvalue weighted by Gasteiger charge is -2.50. The number of aromatic amines is 1. The molecule has 0 bridgehead atoms. The average molecular weight is 420 g/mol. The van der Waals surface area contributed by atoms with Crippen LogP contribution in [0.2, 0.25) is 0 Å². The summed E-state index contributed by atoms with van der Waals surface area (Å²) >= 11 is 0. The predicted molar refractivity (Wildman–Crippen MR) is 121 cm³/mol. The van der Waals surface area contributed by atoms with Gasteiger partial charge >= 0.3 is 0 Å². The van der Waals surface area contributed by atoms with Crippen molar-refractivity contribution in [1.29, 1.82) is 0 Å². The Balaban J connectivity index is 1.64. The number of likely N-dealkylation sites (tertiary alicyclic amines) is 1. The molecule has 2 aromatic carbocycles. The lowest BCUT2D eigenvalue weighted by molar-refractivity contribution is 0.0361. The minimum atomic E-state index is -0.140. The number of H-pyrrole nitrogens is 1. The van der Waals surface area contributed by atoms with E-state index in [0.29, 0.717) is 17.7 Å². The van der Waals surface area contributed by atoms with Gasteiger partial charge in [-0.05, 0) is 67.0 Å². The second kappa shape index (κ2) is 7.72. The molecule has 1 aliphatic heterocycles. The van der Waals surface area contributed by atoms with E-state index in [0.717, 1.165) is 17.5 Å². The van der Waals surface area contributed by atoms with Gasteiger partial charge in [-0.1, -0.05) is 31.1 Å². The van der Waals surface area contributed by atoms with Crippen molar-refractivity contribution in [2.45, 2.75) is 45.6 Å². The lowest BCUT2D eigenvalue weighted by Crippen LogP contribution is -2.55. The second-order valence-electron chi connectivity index (χ2n) is 8.84. The smallest absolute Gasteiger partial charge is 0.254 e. The van der Waals surface area contributed by atoms with Crippen molar-refractivity contribution in [2.24, 2.45) is 16.8 Å². The number of fused-ring (bicyclic) bond motifs is 1. The van der Waals surface area contributed by atoms with Crippen LogP contribution in [0.25, 0.3) is 11.0 Å². The van der Waals surface area contributed by atoms with Crippen LogP contribution in [0.5, 0.6) is 0 Å². The molecule has 0 radical (unpaired) electrons. The summed E-state index contributed by atoms with van der Waals surface area (Å²) in [6.07, 6.45) is 2.47. The topological polar surface area (TPSA) is 108 Å². The van der Waals surface area contributed by atoms with Crippen LogP contribution in [0.3, 0.4) is 0 Å². The van der Waals surface area contributed by atoms with Crippen LogP contribution in [-0.4, -0.2) is 44.4 Å². The quantitative estimate of drug-likeness (QED) is 0.260. The Morgan fingerprint density at radius 3 is 2.74 bits per heavy atom. The molecular formula is C24H29N5O2. The summed E-state index contributed by atoms with van der Waals surface area (Å²) in [5.41, 5.74) is 11.1. The molecule has 0 unspecified atom stereocenters. The first kappa shape index (κ1) is 20.9. The number of hydrogen-bond donors (Lipinski definition) is 3. The van der Waals surface area contributed by atoms with Crippen molar-refractivity contribution in [3.63, 3.8) is 0 Å². The highest BCUT2D eigenvalue weighted by Crippen LogP contribution is 2.44. The summed E-state index contributed by atoms with van der Waals surface area (Å²) < 4.78 is 0. The maximum absolute atomic E-state index is 13.3. The fraction of sp³-hybridized carbons (Fsp3) is 0.375. The first-order valence-electron chi connectivity index (χ1n) is 10.6. The van der Waals surface area contributed by atoms with Gasteiger partial charge in [-0.2, -0.15) is 0 Å². The van der Waals surface area contributed by atoms with E-state index in [4.69, 9.17) is 10.9 Å². The number of oxime groups is 1. The van der Waals surface area contributed by atoms with Crippen molar-refractivity contribution >= 4 is 22.8 Å². The van der Waals surface area contributed by atoms with Crippen molar-refractivity contribution in [2.75, 3.05) is 6.54 Å². The highest BCUT2D eigenvalue weighted by atomic mass is 16.4. The number of imidazole rings is 1. The third-order valence-electron chi connectivity index (χ3n) is 7.28. The van der Waals surface area contributed by atoms with E-state index in [2.05, 4.69) is 42.8 Å². The van der Waals surface area contributed by atoms with Gasteiger partial charge in [0.15, 0.2) is 5.84 Å². The summed E-state index contributed by atoms with van der Waals surface area (Å²) in [7, 11) is 0. The molecule has 1 fully saturated rings. The highest BCUT2D eigenvalue weighted by molar-refractivity contribution is 5.98. The number of nitrogens with one attached hydrogen (secondary N) is 1. The lowest BCUT2D eigenvalue weighted by atomic mass is 9.64. The van der Waals surface area contributed by atoms with E-state index >= 15 is 0 Å². The third kappa shape index (κ3) is 3.44. The van der Waals surface area contributed by atoms with Crippen LogP contribution < -0.4 is 5.73 Å².